The molecule has 1 N–H and O–H groups in total. The lowest BCUT2D eigenvalue weighted by Gasteiger charge is -2.40. The van der Waals surface area contributed by atoms with Crippen LogP contribution in [0.1, 0.15) is 6.92 Å². The summed E-state index contributed by atoms with van der Waals surface area (Å²) in [5, 5.41) is 3.25. The molecule has 0 aliphatic carbocycles. The Morgan fingerprint density at radius 3 is 2.18 bits per heavy atom. The summed E-state index contributed by atoms with van der Waals surface area (Å²) in [6.07, 6.45) is 1.04. The van der Waals surface area contributed by atoms with Crippen LogP contribution in [0.25, 0.3) is 0 Å². The highest BCUT2D eigenvalue weighted by molar-refractivity contribution is 7.47. The van der Waals surface area contributed by atoms with Gasteiger partial charge in [-0.15, -0.1) is 0 Å². The van der Waals surface area contributed by atoms with Gasteiger partial charge in [-0.25, -0.2) is 0 Å². The predicted molar refractivity (Wildman–Crippen MR) is 46.8 cm³/mol. The van der Waals surface area contributed by atoms with E-state index in [0.717, 1.165) is 19.3 Å². The van der Waals surface area contributed by atoms with Crippen molar-refractivity contribution in [3.05, 3.63) is 0 Å². The van der Waals surface area contributed by atoms with Gasteiger partial charge in [0.05, 0.1) is 0 Å². The average Bonchev–Trinajstić information content (AvgIpc) is 1.97. The van der Waals surface area contributed by atoms with Crippen molar-refractivity contribution in [2.75, 3.05) is 33.5 Å². The Morgan fingerprint density at radius 2 is 1.91 bits per heavy atom. The Hall–Kier alpha value is 0.310. The Labute approximate surface area is 69.4 Å². The third-order valence-corrected chi connectivity index (χ3v) is 3.86. The first-order valence-corrected chi connectivity index (χ1v) is 5.13. The normalized spacial score (nSPS) is 21.8. The zero-order chi connectivity index (χ0) is 8.32. The molecule has 1 aliphatic heterocycles. The van der Waals surface area contributed by atoms with E-state index >= 15 is 0 Å². The van der Waals surface area contributed by atoms with Crippen LogP contribution in [-0.4, -0.2) is 33.5 Å². The second-order valence-corrected chi connectivity index (χ2v) is 4.98. The van der Waals surface area contributed by atoms with E-state index in [9.17, 15) is 0 Å². The lowest BCUT2D eigenvalue weighted by atomic mass is 9.87. The lowest BCUT2D eigenvalue weighted by molar-refractivity contribution is 0.215. The van der Waals surface area contributed by atoms with Gasteiger partial charge in [0, 0.05) is 38.9 Å². The zero-order valence-electron chi connectivity index (χ0n) is 7.39. The third-order valence-electron chi connectivity index (χ3n) is 2.02. The second-order valence-electron chi connectivity index (χ2n) is 3.27. The van der Waals surface area contributed by atoms with Gasteiger partial charge in [-0.1, -0.05) is 6.92 Å². The highest BCUT2D eigenvalue weighted by Crippen LogP contribution is 2.43. The first-order chi connectivity index (χ1) is 5.20. The maximum atomic E-state index is 5.19. The van der Waals surface area contributed by atoms with Gasteiger partial charge in [0.25, 0.3) is 0 Å². The maximum absolute atomic E-state index is 5.19. The predicted octanol–water partition coefficient (Wildman–Crippen LogP) is 1.20. The van der Waals surface area contributed by atoms with Crippen molar-refractivity contribution in [1.82, 2.24) is 5.32 Å². The van der Waals surface area contributed by atoms with Crippen LogP contribution in [0.3, 0.4) is 0 Å². The van der Waals surface area contributed by atoms with E-state index < -0.39 is 8.38 Å². The van der Waals surface area contributed by atoms with E-state index in [0.29, 0.717) is 5.41 Å². The Balaban J connectivity index is 2.27. The van der Waals surface area contributed by atoms with Crippen LogP contribution in [0, 0.1) is 5.41 Å². The molecule has 0 unspecified atom stereocenters. The fourth-order valence-electron chi connectivity index (χ4n) is 1.18. The summed E-state index contributed by atoms with van der Waals surface area (Å²) in [7, 11) is 2.79. The molecule has 66 valence electrons. The summed E-state index contributed by atoms with van der Waals surface area (Å²) in [6.45, 7) is 4.45. The van der Waals surface area contributed by atoms with E-state index in [1.807, 2.05) is 0 Å². The van der Waals surface area contributed by atoms with Gasteiger partial charge < -0.3 is 14.4 Å². The van der Waals surface area contributed by atoms with Crippen molar-refractivity contribution >= 4 is 8.38 Å². The lowest BCUT2D eigenvalue weighted by Crippen LogP contribution is -2.53. The quantitative estimate of drug-likeness (QED) is 0.654. The van der Waals surface area contributed by atoms with Gasteiger partial charge in [-0.05, 0) is 0 Å². The summed E-state index contributed by atoms with van der Waals surface area (Å²) < 4.78 is 10.4. The van der Waals surface area contributed by atoms with Gasteiger partial charge in [0.2, 0.25) is 0 Å². The van der Waals surface area contributed by atoms with E-state index in [2.05, 4.69) is 12.2 Å². The molecule has 0 aromatic carbocycles. The van der Waals surface area contributed by atoms with Crippen molar-refractivity contribution in [2.45, 2.75) is 6.92 Å². The molecule has 4 heteroatoms. The monoisotopic (exact) mass is 177 g/mol. The van der Waals surface area contributed by atoms with Gasteiger partial charge in [-0.3, -0.25) is 0 Å². The molecule has 1 aliphatic rings. The first-order valence-electron chi connectivity index (χ1n) is 3.77. The summed E-state index contributed by atoms with van der Waals surface area (Å²) >= 11 is 0. The van der Waals surface area contributed by atoms with Crippen molar-refractivity contribution in [3.8, 4) is 0 Å². The topological polar surface area (TPSA) is 30.5 Å². The molecule has 0 saturated carbocycles. The smallest absolute Gasteiger partial charge is 0.170 e. The summed E-state index contributed by atoms with van der Waals surface area (Å²) in [5.74, 6) is 0. The molecule has 1 saturated heterocycles. The van der Waals surface area contributed by atoms with Crippen LogP contribution in [0.2, 0.25) is 0 Å². The number of nitrogens with one attached hydrogen (secondary N) is 1. The van der Waals surface area contributed by atoms with Crippen molar-refractivity contribution < 1.29 is 9.05 Å². The highest BCUT2D eigenvalue weighted by Gasteiger charge is 2.34. The van der Waals surface area contributed by atoms with Gasteiger partial charge in [-0.2, -0.15) is 0 Å². The minimum absolute atomic E-state index is 0.414. The Bertz CT molecular complexity index is 124. The van der Waals surface area contributed by atoms with Gasteiger partial charge in [0.1, 0.15) is 0 Å². The molecular formula is C7H16NO2P. The Morgan fingerprint density at radius 1 is 1.36 bits per heavy atom. The molecule has 0 atom stereocenters. The zero-order valence-corrected chi connectivity index (χ0v) is 8.28. The molecule has 0 radical (unpaired) electrons. The molecule has 0 spiro atoms. The Kier molecular flexibility index (Phi) is 3.26. The van der Waals surface area contributed by atoms with E-state index in [-0.39, 0.29) is 0 Å². The molecule has 3 nitrogen and oxygen atoms in total. The first kappa shape index (κ1) is 9.40. The summed E-state index contributed by atoms with van der Waals surface area (Å²) in [4.78, 5) is 0. The van der Waals surface area contributed by atoms with Crippen LogP contribution in [0.4, 0.5) is 0 Å². The van der Waals surface area contributed by atoms with Gasteiger partial charge in [0.15, 0.2) is 8.38 Å². The van der Waals surface area contributed by atoms with Crippen LogP contribution in [0.15, 0.2) is 0 Å². The third kappa shape index (κ3) is 2.38. The van der Waals surface area contributed by atoms with E-state index in [4.69, 9.17) is 9.05 Å². The van der Waals surface area contributed by atoms with Crippen LogP contribution >= 0.6 is 8.38 Å². The van der Waals surface area contributed by atoms with Crippen molar-refractivity contribution in [3.63, 3.8) is 0 Å². The molecule has 0 amide bonds. The minimum Gasteiger partial charge on any atom is -0.337 e. The van der Waals surface area contributed by atoms with Crippen molar-refractivity contribution in [2.24, 2.45) is 5.41 Å². The summed E-state index contributed by atoms with van der Waals surface area (Å²) in [5.41, 5.74) is 0.414. The number of rotatable bonds is 4. The molecular weight excluding hydrogens is 161 g/mol. The maximum Gasteiger partial charge on any atom is 0.170 e. The van der Waals surface area contributed by atoms with E-state index in [1.165, 1.54) is 0 Å². The molecule has 1 heterocycles. The van der Waals surface area contributed by atoms with Crippen LogP contribution < -0.4 is 5.32 Å². The second kappa shape index (κ2) is 3.81. The fourth-order valence-corrected chi connectivity index (χ4v) is 2.43. The largest absolute Gasteiger partial charge is 0.337 e. The molecule has 0 aromatic heterocycles. The number of hydrogen-bond donors (Lipinski definition) is 1. The summed E-state index contributed by atoms with van der Waals surface area (Å²) in [6, 6.07) is 0. The van der Waals surface area contributed by atoms with Crippen LogP contribution in [-0.2, 0) is 9.05 Å². The molecule has 11 heavy (non-hydrogen) atoms. The van der Waals surface area contributed by atoms with Crippen molar-refractivity contribution in [1.29, 1.82) is 0 Å². The highest BCUT2D eigenvalue weighted by atomic mass is 31.2. The average molecular weight is 177 g/mol. The van der Waals surface area contributed by atoms with E-state index in [1.54, 1.807) is 14.2 Å². The standard InChI is InChI=1S/C7H16NO2P/c1-7(4-8-5-7)6-11(9-2)10-3/h8H,4-6H2,1-3H3. The molecule has 0 bridgehead atoms. The minimum atomic E-state index is -0.639. The molecule has 0 aromatic rings. The fraction of sp³-hybridized carbons (Fsp3) is 1.00. The SMILES string of the molecule is COP(CC1(C)CNC1)OC. The molecule has 1 rings (SSSR count). The number of hydrogen-bond acceptors (Lipinski definition) is 3. The van der Waals surface area contributed by atoms with Gasteiger partial charge >= 0.3 is 0 Å². The van der Waals surface area contributed by atoms with Crippen LogP contribution in [0.5, 0.6) is 0 Å². The molecule has 1 fully saturated rings.